The van der Waals surface area contributed by atoms with Crippen molar-refractivity contribution in [3.05, 3.63) is 88.9 Å². The van der Waals surface area contributed by atoms with Gasteiger partial charge in [0.1, 0.15) is 18.0 Å². The Balaban J connectivity index is 2.11. The number of halogens is 1. The van der Waals surface area contributed by atoms with E-state index in [0.29, 0.717) is 5.57 Å². The van der Waals surface area contributed by atoms with Crippen molar-refractivity contribution >= 4 is 11.1 Å². The van der Waals surface area contributed by atoms with Gasteiger partial charge < -0.3 is 0 Å². The lowest BCUT2D eigenvalue weighted by Gasteiger charge is -2.09. The molecule has 0 saturated heterocycles. The van der Waals surface area contributed by atoms with Crippen molar-refractivity contribution in [2.75, 3.05) is 0 Å². The number of rotatable bonds is 1. The summed E-state index contributed by atoms with van der Waals surface area (Å²) >= 11 is 0. The maximum atomic E-state index is 14.7. The van der Waals surface area contributed by atoms with E-state index in [4.69, 9.17) is 5.26 Å². The zero-order valence-electron chi connectivity index (χ0n) is 13.0. The third-order valence-electron chi connectivity index (χ3n) is 4.28. The predicted molar refractivity (Wildman–Crippen MR) is 92.3 cm³/mol. The average Bonchev–Trinajstić information content (AvgIpc) is 2.99. The van der Waals surface area contributed by atoms with Crippen molar-refractivity contribution in [1.82, 2.24) is 4.98 Å². The van der Waals surface area contributed by atoms with Crippen LogP contribution in [0.5, 0.6) is 0 Å². The van der Waals surface area contributed by atoms with Gasteiger partial charge in [0.15, 0.2) is 0 Å². The van der Waals surface area contributed by atoms with E-state index in [1.807, 2.05) is 36.4 Å². The summed E-state index contributed by atoms with van der Waals surface area (Å²) in [6.45, 7) is 0. The van der Waals surface area contributed by atoms with Gasteiger partial charge in [-0.3, -0.25) is 4.98 Å². The van der Waals surface area contributed by atoms with E-state index in [0.717, 1.165) is 22.4 Å². The number of hydrogen-bond acceptors (Lipinski definition) is 3. The Labute approximate surface area is 143 Å². The number of allylic oxidation sites excluding steroid dienone is 1. The number of pyridine rings is 1. The quantitative estimate of drug-likeness (QED) is 0.483. The van der Waals surface area contributed by atoms with E-state index < -0.39 is 5.82 Å². The zero-order valence-corrected chi connectivity index (χ0v) is 13.0. The summed E-state index contributed by atoms with van der Waals surface area (Å²) in [5, 5.41) is 18.9. The van der Waals surface area contributed by atoms with E-state index >= 15 is 0 Å². The molecule has 0 N–H and O–H groups in total. The van der Waals surface area contributed by atoms with Crippen molar-refractivity contribution in [3.8, 4) is 23.4 Å². The lowest BCUT2D eigenvalue weighted by molar-refractivity contribution is 0.620. The Kier molecular flexibility index (Phi) is 3.38. The molecule has 1 aliphatic rings. The number of hydrogen-bond donors (Lipinski definition) is 0. The van der Waals surface area contributed by atoms with Crippen molar-refractivity contribution < 1.29 is 4.39 Å². The fourth-order valence-corrected chi connectivity index (χ4v) is 3.21. The first-order valence-corrected chi connectivity index (χ1v) is 7.64. The van der Waals surface area contributed by atoms with Crippen LogP contribution in [0.25, 0.3) is 22.4 Å². The minimum atomic E-state index is -0.677. The molecule has 0 unspecified atom stereocenters. The van der Waals surface area contributed by atoms with Gasteiger partial charge in [-0.1, -0.05) is 42.5 Å². The second-order valence-electron chi connectivity index (χ2n) is 5.59. The van der Waals surface area contributed by atoms with Crippen LogP contribution in [0.15, 0.2) is 60.8 Å². The van der Waals surface area contributed by atoms with Crippen molar-refractivity contribution in [2.45, 2.75) is 0 Å². The molecule has 0 saturated carbocycles. The molecule has 0 radical (unpaired) electrons. The third kappa shape index (κ3) is 2.13. The normalized spacial score (nSPS) is 13.4. The van der Waals surface area contributed by atoms with Gasteiger partial charge in [0, 0.05) is 28.5 Å². The molecule has 0 aliphatic heterocycles. The molecule has 4 rings (SSSR count). The first-order valence-electron chi connectivity index (χ1n) is 7.64. The van der Waals surface area contributed by atoms with E-state index in [9.17, 15) is 9.65 Å². The van der Waals surface area contributed by atoms with Crippen LogP contribution >= 0.6 is 0 Å². The SMILES string of the molecule is N#C/C(=C1\c2ccccc2-c2ncccc21)c1cccc(C#N)c1F. The summed E-state index contributed by atoms with van der Waals surface area (Å²) in [5.41, 5.74) is 4.22. The Morgan fingerprint density at radius 3 is 2.40 bits per heavy atom. The van der Waals surface area contributed by atoms with Crippen LogP contribution in [0.2, 0.25) is 0 Å². The fourth-order valence-electron chi connectivity index (χ4n) is 3.21. The van der Waals surface area contributed by atoms with E-state index in [2.05, 4.69) is 11.1 Å². The largest absolute Gasteiger partial charge is 0.256 e. The smallest absolute Gasteiger partial charge is 0.149 e. The maximum Gasteiger partial charge on any atom is 0.149 e. The number of nitrogens with zero attached hydrogens (tertiary/aromatic N) is 3. The zero-order chi connectivity index (χ0) is 17.4. The van der Waals surface area contributed by atoms with Crippen LogP contribution in [0.3, 0.4) is 0 Å². The van der Waals surface area contributed by atoms with Gasteiger partial charge in [0.2, 0.25) is 0 Å². The summed E-state index contributed by atoms with van der Waals surface area (Å²) < 4.78 is 14.7. The van der Waals surface area contributed by atoms with E-state index in [1.54, 1.807) is 18.3 Å². The summed E-state index contributed by atoms with van der Waals surface area (Å²) in [6.07, 6.45) is 1.70. The number of nitriles is 2. The van der Waals surface area contributed by atoms with Crippen molar-refractivity contribution in [1.29, 1.82) is 10.5 Å². The molecule has 1 aliphatic carbocycles. The van der Waals surface area contributed by atoms with Gasteiger partial charge in [0.25, 0.3) is 0 Å². The van der Waals surface area contributed by atoms with Gasteiger partial charge in [-0.15, -0.1) is 0 Å². The van der Waals surface area contributed by atoms with Gasteiger partial charge >= 0.3 is 0 Å². The van der Waals surface area contributed by atoms with Gasteiger partial charge in [-0.05, 0) is 17.7 Å². The van der Waals surface area contributed by atoms with Crippen LogP contribution in [-0.2, 0) is 0 Å². The van der Waals surface area contributed by atoms with Crippen molar-refractivity contribution in [3.63, 3.8) is 0 Å². The van der Waals surface area contributed by atoms with Crippen LogP contribution in [0, 0.1) is 28.5 Å². The molecule has 3 nitrogen and oxygen atoms in total. The van der Waals surface area contributed by atoms with E-state index in [-0.39, 0.29) is 16.7 Å². The summed E-state index contributed by atoms with van der Waals surface area (Å²) in [4.78, 5) is 4.43. The average molecular weight is 323 g/mol. The summed E-state index contributed by atoms with van der Waals surface area (Å²) in [6, 6.07) is 19.8. The Morgan fingerprint density at radius 2 is 1.64 bits per heavy atom. The molecule has 0 fully saturated rings. The summed E-state index contributed by atoms with van der Waals surface area (Å²) in [5.74, 6) is -0.677. The highest BCUT2D eigenvalue weighted by Crippen LogP contribution is 2.46. The topological polar surface area (TPSA) is 60.5 Å². The number of aromatic nitrogens is 1. The number of fused-ring (bicyclic) bond motifs is 3. The molecule has 0 spiro atoms. The second-order valence-corrected chi connectivity index (χ2v) is 5.59. The molecule has 0 bridgehead atoms. The minimum Gasteiger partial charge on any atom is -0.256 e. The van der Waals surface area contributed by atoms with Crippen LogP contribution in [-0.4, -0.2) is 4.98 Å². The molecule has 1 heterocycles. The molecule has 3 aromatic rings. The summed E-state index contributed by atoms with van der Waals surface area (Å²) in [7, 11) is 0. The van der Waals surface area contributed by atoms with Gasteiger partial charge in [-0.2, -0.15) is 10.5 Å². The monoisotopic (exact) mass is 323 g/mol. The Bertz CT molecular complexity index is 1080. The lowest BCUT2D eigenvalue weighted by Crippen LogP contribution is -1.96. The molecule has 0 amide bonds. The Morgan fingerprint density at radius 1 is 0.880 bits per heavy atom. The standard InChI is InChI=1S/C21H10FN3/c22-20-13(11-23)5-3-8-15(20)18(12-24)19-14-6-1-2-7-16(14)21-17(19)9-4-10-25-21/h1-10H/b19-18-. The van der Waals surface area contributed by atoms with Gasteiger partial charge in [-0.25, -0.2) is 4.39 Å². The maximum absolute atomic E-state index is 14.7. The highest BCUT2D eigenvalue weighted by atomic mass is 19.1. The van der Waals surface area contributed by atoms with Crippen LogP contribution < -0.4 is 0 Å². The predicted octanol–water partition coefficient (Wildman–Crippen LogP) is 4.56. The fraction of sp³-hybridized carbons (Fsp3) is 0. The molecular formula is C21H10FN3. The highest BCUT2D eigenvalue weighted by Gasteiger charge is 2.28. The molecule has 2 aromatic carbocycles. The van der Waals surface area contributed by atoms with E-state index in [1.165, 1.54) is 12.1 Å². The minimum absolute atomic E-state index is 0.0801. The molecule has 4 heteroatoms. The molecule has 1 aromatic heterocycles. The van der Waals surface area contributed by atoms with Gasteiger partial charge in [0.05, 0.1) is 16.8 Å². The number of benzene rings is 2. The third-order valence-corrected chi connectivity index (χ3v) is 4.28. The van der Waals surface area contributed by atoms with Crippen LogP contribution in [0.1, 0.15) is 22.3 Å². The molecule has 25 heavy (non-hydrogen) atoms. The Hall–Kier alpha value is -3.76. The highest BCUT2D eigenvalue weighted by molar-refractivity contribution is 6.12. The second kappa shape index (κ2) is 5.70. The van der Waals surface area contributed by atoms with Crippen LogP contribution in [0.4, 0.5) is 4.39 Å². The first kappa shape index (κ1) is 14.8. The first-order chi connectivity index (χ1) is 12.3. The molecule has 116 valence electrons. The van der Waals surface area contributed by atoms with Crippen molar-refractivity contribution in [2.24, 2.45) is 0 Å². The molecular weight excluding hydrogens is 313 g/mol. The molecule has 0 atom stereocenters. The lowest BCUT2D eigenvalue weighted by atomic mass is 9.93.